The summed E-state index contributed by atoms with van der Waals surface area (Å²) < 4.78 is 0. The second-order valence-electron chi connectivity index (χ2n) is 3.38. The van der Waals surface area contributed by atoms with Gasteiger partial charge in [0, 0.05) is 6.42 Å². The van der Waals surface area contributed by atoms with Crippen LogP contribution in [0, 0.1) is 0 Å². The zero-order valence-electron chi connectivity index (χ0n) is 8.67. The van der Waals surface area contributed by atoms with E-state index in [1.165, 1.54) is 7.05 Å². The standard InChI is InChI=1S/C8H12N4O4/c1-12-6(10)5(3(13)2-4(9)14)7(15)11-8(12)16/h4,10,13-14H,2,9H2,1H3,(H,11,15,16)/p+2/b5-3+,10-6?. The van der Waals surface area contributed by atoms with E-state index in [4.69, 9.17) is 16.2 Å². The minimum Gasteiger partial charge on any atom is -0.511 e. The van der Waals surface area contributed by atoms with Gasteiger partial charge in [-0.15, -0.1) is 4.90 Å². The van der Waals surface area contributed by atoms with Crippen LogP contribution in [-0.4, -0.2) is 46.2 Å². The number of amides is 3. The fourth-order valence-corrected chi connectivity index (χ4v) is 1.28. The molecule has 0 aliphatic carbocycles. The van der Waals surface area contributed by atoms with Crippen molar-refractivity contribution in [3.8, 4) is 0 Å². The van der Waals surface area contributed by atoms with E-state index in [1.54, 1.807) is 0 Å². The molecule has 1 saturated heterocycles. The van der Waals surface area contributed by atoms with Gasteiger partial charge in [-0.3, -0.25) is 5.41 Å². The van der Waals surface area contributed by atoms with Gasteiger partial charge in [0.05, 0.1) is 7.05 Å². The Bertz CT molecular complexity index is 387. The van der Waals surface area contributed by atoms with Crippen LogP contribution >= 0.6 is 0 Å². The van der Waals surface area contributed by atoms with Crippen LogP contribution in [0.1, 0.15) is 6.42 Å². The molecule has 0 saturated carbocycles. The molecule has 8 N–H and O–H groups in total. The topological polar surface area (TPSA) is 146 Å². The van der Waals surface area contributed by atoms with Gasteiger partial charge in [-0.1, -0.05) is 0 Å². The van der Waals surface area contributed by atoms with Crippen molar-refractivity contribution in [1.82, 2.24) is 4.90 Å². The number of nitrogens with two attached hydrogens (primary N) is 3. The molecular weight excluding hydrogens is 216 g/mol. The summed E-state index contributed by atoms with van der Waals surface area (Å²) in [7, 11) is 1.37. The zero-order chi connectivity index (χ0) is 12.5. The van der Waals surface area contributed by atoms with E-state index in [0.29, 0.717) is 0 Å². The van der Waals surface area contributed by atoms with Gasteiger partial charge >= 0.3 is 11.9 Å². The highest BCUT2D eigenvalue weighted by molar-refractivity contribution is 6.22. The molecule has 8 heteroatoms. The number of hydrogen-bond donors (Lipinski definition) is 5. The van der Waals surface area contributed by atoms with Gasteiger partial charge in [0.1, 0.15) is 12.0 Å². The lowest BCUT2D eigenvalue weighted by Crippen LogP contribution is -2.98. The van der Waals surface area contributed by atoms with Crippen LogP contribution in [0.5, 0.6) is 0 Å². The molecular formula is C8H14N4O4+2. The van der Waals surface area contributed by atoms with Gasteiger partial charge in [-0.2, -0.15) is 10.1 Å². The molecule has 3 amide bonds. The maximum absolute atomic E-state index is 11.4. The summed E-state index contributed by atoms with van der Waals surface area (Å²) in [4.78, 5) is 23.6. The molecule has 0 aromatic heterocycles. The molecule has 0 bridgehead atoms. The number of rotatable bonds is 2. The molecule has 16 heavy (non-hydrogen) atoms. The van der Waals surface area contributed by atoms with E-state index in [2.05, 4.69) is 0 Å². The lowest BCUT2D eigenvalue weighted by atomic mass is 10.1. The minimum absolute atomic E-state index is 0.157. The summed E-state index contributed by atoms with van der Waals surface area (Å²) >= 11 is 0. The Labute approximate surface area is 90.8 Å². The Morgan fingerprint density at radius 1 is 1.62 bits per heavy atom. The maximum Gasteiger partial charge on any atom is 0.514 e. The molecule has 1 aliphatic rings. The quantitative estimate of drug-likeness (QED) is 0.185. The van der Waals surface area contributed by atoms with Gasteiger partial charge in [-0.25, -0.2) is 4.79 Å². The average Bonchev–Trinajstić information content (AvgIpc) is 2.13. The Hall–Kier alpha value is -1.77. The smallest absolute Gasteiger partial charge is 0.511 e. The fraction of sp³-hybridized carbons (Fsp3) is 0.375. The molecule has 0 radical (unpaired) electrons. The molecule has 1 rings (SSSR count). The summed E-state index contributed by atoms with van der Waals surface area (Å²) in [5, 5.41) is 24.8. The molecule has 0 aromatic carbocycles. The lowest BCUT2D eigenvalue weighted by Gasteiger charge is -2.15. The predicted octanol–water partition coefficient (Wildman–Crippen LogP) is -4.22. The zero-order valence-corrected chi connectivity index (χ0v) is 8.67. The summed E-state index contributed by atoms with van der Waals surface area (Å²) in [6.07, 6.45) is -1.60. The normalized spacial score (nSPS) is 22.4. The molecule has 0 spiro atoms. The van der Waals surface area contributed by atoms with Crippen molar-refractivity contribution in [3.63, 3.8) is 0 Å². The van der Waals surface area contributed by atoms with Crippen molar-refractivity contribution in [2.24, 2.45) is 5.73 Å². The monoisotopic (exact) mass is 230 g/mol. The first-order chi connectivity index (χ1) is 7.34. The minimum atomic E-state index is -1.30. The predicted molar refractivity (Wildman–Crippen MR) is 51.5 cm³/mol. The molecule has 1 heterocycles. The maximum atomic E-state index is 11.4. The Morgan fingerprint density at radius 2 is 2.19 bits per heavy atom. The number of quaternary nitrogens is 1. The van der Waals surface area contributed by atoms with Crippen molar-refractivity contribution in [1.29, 1.82) is 0 Å². The molecule has 1 fully saturated rings. The molecule has 88 valence electrons. The first-order valence-electron chi connectivity index (χ1n) is 4.50. The third kappa shape index (κ3) is 2.24. The lowest BCUT2D eigenvalue weighted by molar-refractivity contribution is -0.474. The summed E-state index contributed by atoms with van der Waals surface area (Å²) in [5.41, 5.74) is 4.86. The summed E-state index contributed by atoms with van der Waals surface area (Å²) in [6.45, 7) is 0. The highest BCUT2D eigenvalue weighted by Gasteiger charge is 2.44. The van der Waals surface area contributed by atoms with Crippen molar-refractivity contribution in [2.75, 3.05) is 7.05 Å². The molecule has 8 nitrogen and oxygen atoms in total. The van der Waals surface area contributed by atoms with Gasteiger partial charge in [0.15, 0.2) is 0 Å². The van der Waals surface area contributed by atoms with Crippen molar-refractivity contribution in [2.45, 2.75) is 12.6 Å². The third-order valence-electron chi connectivity index (χ3n) is 2.14. The number of nitrogens with zero attached hydrogens (tertiary/aromatic N) is 1. The number of hydrogen-bond acceptors (Lipinski definition) is 5. The van der Waals surface area contributed by atoms with E-state index in [0.717, 1.165) is 10.2 Å². The number of imide groups is 1. The van der Waals surface area contributed by atoms with Gasteiger partial charge < -0.3 is 15.9 Å². The molecule has 1 aliphatic heterocycles. The summed E-state index contributed by atoms with van der Waals surface area (Å²) in [5.74, 6) is -1.29. The van der Waals surface area contributed by atoms with Crippen LogP contribution in [0.2, 0.25) is 0 Å². The highest BCUT2D eigenvalue weighted by atomic mass is 16.3. The number of likely N-dealkylation sites (N-methyl/N-ethyl adjacent to an activating group) is 1. The first kappa shape index (κ1) is 12.3. The van der Waals surface area contributed by atoms with Crippen LogP contribution < -0.4 is 16.5 Å². The van der Waals surface area contributed by atoms with E-state index in [-0.39, 0.29) is 17.8 Å². The van der Waals surface area contributed by atoms with Crippen molar-refractivity contribution >= 4 is 17.8 Å². The number of aliphatic hydroxyl groups is 2. The van der Waals surface area contributed by atoms with Crippen LogP contribution in [0.3, 0.4) is 0 Å². The molecule has 1 unspecified atom stereocenters. The number of carbonyl (C=O) groups excluding carboxylic acids is 2. The highest BCUT2D eigenvalue weighted by Crippen LogP contribution is 2.10. The van der Waals surface area contributed by atoms with Gasteiger partial charge in [0.2, 0.25) is 5.57 Å². The Kier molecular flexibility index (Phi) is 3.38. The fourth-order valence-electron chi connectivity index (χ4n) is 1.28. The number of primary amides is 2. The third-order valence-corrected chi connectivity index (χ3v) is 2.14. The first-order valence-corrected chi connectivity index (χ1v) is 4.50. The van der Waals surface area contributed by atoms with E-state index < -0.39 is 23.9 Å². The Balaban J connectivity index is 3.07. The van der Waals surface area contributed by atoms with Crippen LogP contribution in [-0.2, 0) is 4.79 Å². The largest absolute Gasteiger partial charge is 0.514 e. The van der Waals surface area contributed by atoms with Gasteiger partial charge in [0.25, 0.3) is 5.84 Å². The summed E-state index contributed by atoms with van der Waals surface area (Å²) in [6, 6.07) is -0.563. The molecule has 1 atom stereocenters. The number of carbonyl (C=O) groups is 2. The second-order valence-corrected chi connectivity index (χ2v) is 3.38. The Morgan fingerprint density at radius 3 is 2.69 bits per heavy atom. The number of aliphatic hydroxyl groups excluding tert-OH is 2. The number of urea groups is 1. The van der Waals surface area contributed by atoms with E-state index >= 15 is 0 Å². The SMILES string of the molecule is CN1C(=[NH2+])/C(=C(\O)CC(N)O)C(=O)[NH2+]C1=O. The second kappa shape index (κ2) is 4.39. The molecule has 0 aromatic rings. The van der Waals surface area contributed by atoms with Crippen molar-refractivity contribution in [3.05, 3.63) is 11.3 Å². The average molecular weight is 230 g/mol. The van der Waals surface area contributed by atoms with Crippen molar-refractivity contribution < 1.29 is 30.5 Å². The van der Waals surface area contributed by atoms with Crippen LogP contribution in [0.15, 0.2) is 11.3 Å². The van der Waals surface area contributed by atoms with E-state index in [9.17, 15) is 14.7 Å². The van der Waals surface area contributed by atoms with E-state index in [1.807, 2.05) is 0 Å². The number of amidine groups is 1. The van der Waals surface area contributed by atoms with Crippen LogP contribution in [0.25, 0.3) is 0 Å². The van der Waals surface area contributed by atoms with Crippen LogP contribution in [0.4, 0.5) is 4.79 Å². The van der Waals surface area contributed by atoms with Gasteiger partial charge in [-0.05, 0) is 0 Å².